The molecule has 13 heteroatoms. The highest BCUT2D eigenvalue weighted by Crippen LogP contribution is 2.37. The van der Waals surface area contributed by atoms with Crippen molar-refractivity contribution < 1.29 is 19.1 Å². The fourth-order valence-corrected chi connectivity index (χ4v) is 8.68. The number of hydrogen-bond acceptors (Lipinski definition) is 9. The highest BCUT2D eigenvalue weighted by atomic mass is 131. The number of piperazine rings is 1. The summed E-state index contributed by atoms with van der Waals surface area (Å²) in [6.45, 7) is 16.8. The first kappa shape index (κ1) is 37.8. The first-order valence-corrected chi connectivity index (χ1v) is 19.9. The lowest BCUT2D eigenvalue weighted by Gasteiger charge is -2.41. The molecule has 0 bridgehead atoms. The number of halogens is 2. The number of benzene rings is 3. The SMILES string of the molecule is [C-]#[N+]C[C@H]1CN(c2nc(OC[C@@H]3CCCN3CCCOC(=O)c3cccc([131I])c3)nc3c2CCN(c2cccc4cccc(Cl)c24)C3)CCN1C(=O)C=C. The molecule has 0 N–H and O–H groups in total. The van der Waals surface area contributed by atoms with E-state index in [0.29, 0.717) is 56.0 Å². The molecular weight excluding hydrogens is 821 g/mol. The van der Waals surface area contributed by atoms with Crippen LogP contribution in [-0.2, 0) is 22.5 Å². The predicted molar refractivity (Wildman–Crippen MR) is 219 cm³/mol. The highest BCUT2D eigenvalue weighted by molar-refractivity contribution is 14.1. The Labute approximate surface area is 334 Å². The summed E-state index contributed by atoms with van der Waals surface area (Å²) in [5.41, 5.74) is 3.59. The van der Waals surface area contributed by atoms with Gasteiger partial charge in [0.15, 0.2) is 0 Å². The zero-order valence-corrected chi connectivity index (χ0v) is 33.0. The number of aromatic nitrogens is 2. The third kappa shape index (κ3) is 8.43. The number of nitrogens with zero attached hydrogens (tertiary/aromatic N) is 7. The van der Waals surface area contributed by atoms with Crippen LogP contribution in [0.4, 0.5) is 11.5 Å². The Morgan fingerprint density at radius 1 is 1.04 bits per heavy atom. The van der Waals surface area contributed by atoms with Crippen molar-refractivity contribution in [3.8, 4) is 6.01 Å². The first-order chi connectivity index (χ1) is 26.3. The van der Waals surface area contributed by atoms with E-state index in [4.69, 9.17) is 37.6 Å². The summed E-state index contributed by atoms with van der Waals surface area (Å²) in [6, 6.07) is 19.9. The number of carbonyl (C=O) groups is 2. The number of amides is 1. The minimum absolute atomic E-state index is 0.160. The van der Waals surface area contributed by atoms with Gasteiger partial charge in [-0.05, 0) is 96.6 Å². The molecule has 0 saturated carbocycles. The van der Waals surface area contributed by atoms with Crippen molar-refractivity contribution in [2.24, 2.45) is 0 Å². The van der Waals surface area contributed by atoms with Gasteiger partial charge in [0.05, 0.1) is 29.4 Å². The molecule has 3 aliphatic rings. The molecule has 2 saturated heterocycles. The third-order valence-electron chi connectivity index (χ3n) is 10.5. The largest absolute Gasteiger partial charge is 0.462 e. The van der Waals surface area contributed by atoms with Crippen molar-refractivity contribution in [1.82, 2.24) is 19.8 Å². The van der Waals surface area contributed by atoms with Gasteiger partial charge in [-0.25, -0.2) is 11.4 Å². The number of fused-ring (bicyclic) bond motifs is 2. The predicted octanol–water partition coefficient (Wildman–Crippen LogP) is 6.66. The number of ether oxygens (including phenoxy) is 2. The lowest BCUT2D eigenvalue weighted by atomic mass is 10.0. The lowest BCUT2D eigenvalue weighted by molar-refractivity contribution is -0.128. The standard InChI is InChI=1S/C41H43ClIN7O4/c1-3-37(51)50-21-20-49(25-32(50)24-44-2)39-33-16-19-48(36-15-6-10-28-9-5-14-34(42)38(28)36)26-35(33)45-41(46-39)54-27-31-13-7-17-47(31)18-8-22-53-40(52)29-11-4-12-30(43)23-29/h3-6,9-12,14-15,23,31-32H,1,7-8,13,16-22,24-27H2/t31-,32-/m0/s1/i43+4. The molecule has 2 atom stereocenters. The Hall–Kier alpha value is -4.45. The molecule has 1 amide bonds. The van der Waals surface area contributed by atoms with Crippen LogP contribution in [0.3, 0.4) is 0 Å². The molecule has 4 aromatic rings. The second-order valence-corrected chi connectivity index (χ2v) is 15.5. The van der Waals surface area contributed by atoms with E-state index in [1.54, 1.807) is 11.0 Å². The maximum Gasteiger partial charge on any atom is 0.338 e. The Morgan fingerprint density at radius 3 is 2.69 bits per heavy atom. The second kappa shape index (κ2) is 17.3. The third-order valence-corrected chi connectivity index (χ3v) is 11.5. The van der Waals surface area contributed by atoms with E-state index in [0.717, 1.165) is 82.4 Å². The zero-order chi connectivity index (χ0) is 37.6. The van der Waals surface area contributed by atoms with E-state index < -0.39 is 0 Å². The van der Waals surface area contributed by atoms with E-state index in [1.807, 2.05) is 30.3 Å². The fraction of sp³-hybridized carbons (Fsp3) is 0.390. The van der Waals surface area contributed by atoms with E-state index in [9.17, 15) is 9.59 Å². The van der Waals surface area contributed by atoms with Gasteiger partial charge in [0, 0.05) is 59.0 Å². The van der Waals surface area contributed by atoms with Crippen LogP contribution in [0, 0.1) is 10.1 Å². The fourth-order valence-electron chi connectivity index (χ4n) is 7.86. The topological polar surface area (TPSA) is 95.7 Å². The second-order valence-electron chi connectivity index (χ2n) is 13.9. The van der Waals surface area contributed by atoms with Crippen LogP contribution in [-0.4, -0.2) is 103 Å². The van der Waals surface area contributed by atoms with Gasteiger partial charge >= 0.3 is 12.0 Å². The molecule has 2 fully saturated rings. The van der Waals surface area contributed by atoms with Gasteiger partial charge in [-0.3, -0.25) is 9.69 Å². The van der Waals surface area contributed by atoms with Crippen LogP contribution in [0.15, 0.2) is 73.3 Å². The highest BCUT2D eigenvalue weighted by Gasteiger charge is 2.35. The number of anilines is 2. The molecule has 1 aromatic heterocycles. The van der Waals surface area contributed by atoms with Crippen molar-refractivity contribution in [1.29, 1.82) is 0 Å². The van der Waals surface area contributed by atoms with E-state index in [1.165, 1.54) is 6.08 Å². The normalized spacial score (nSPS) is 18.6. The van der Waals surface area contributed by atoms with Crippen molar-refractivity contribution in [3.63, 3.8) is 0 Å². The number of carbonyl (C=O) groups excluding carboxylic acids is 2. The summed E-state index contributed by atoms with van der Waals surface area (Å²) in [4.78, 5) is 47.6. The van der Waals surface area contributed by atoms with Crippen LogP contribution < -0.4 is 14.5 Å². The Kier molecular flexibility index (Phi) is 12.2. The molecule has 0 aliphatic carbocycles. The molecule has 280 valence electrons. The maximum atomic E-state index is 12.7. The molecule has 0 radical (unpaired) electrons. The summed E-state index contributed by atoms with van der Waals surface area (Å²) in [6.07, 6.45) is 4.82. The van der Waals surface area contributed by atoms with Gasteiger partial charge in [0.1, 0.15) is 18.5 Å². The van der Waals surface area contributed by atoms with E-state index >= 15 is 0 Å². The monoisotopic (exact) mass is 863 g/mol. The van der Waals surface area contributed by atoms with Gasteiger partial charge < -0.3 is 29.0 Å². The van der Waals surface area contributed by atoms with Crippen molar-refractivity contribution in [2.45, 2.75) is 44.3 Å². The van der Waals surface area contributed by atoms with Crippen LogP contribution in [0.25, 0.3) is 15.6 Å². The quantitative estimate of drug-likeness (QED) is 0.0510. The average Bonchev–Trinajstić information content (AvgIpc) is 3.65. The van der Waals surface area contributed by atoms with Crippen molar-refractivity contribution >= 4 is 68.3 Å². The van der Waals surface area contributed by atoms with Gasteiger partial charge in [0.2, 0.25) is 12.5 Å². The first-order valence-electron chi connectivity index (χ1n) is 18.5. The number of rotatable bonds is 12. The van der Waals surface area contributed by atoms with Gasteiger partial charge in [-0.15, -0.1) is 0 Å². The molecule has 54 heavy (non-hydrogen) atoms. The van der Waals surface area contributed by atoms with Crippen LogP contribution in [0.2, 0.25) is 5.02 Å². The molecule has 3 aromatic carbocycles. The molecule has 4 heterocycles. The number of hydrogen-bond donors (Lipinski definition) is 0. The summed E-state index contributed by atoms with van der Waals surface area (Å²) in [7, 11) is 0. The van der Waals surface area contributed by atoms with E-state index in [2.05, 4.69) is 73.0 Å². The van der Waals surface area contributed by atoms with Crippen molar-refractivity contribution in [3.05, 3.63) is 110 Å². The van der Waals surface area contributed by atoms with Crippen LogP contribution >= 0.6 is 34.2 Å². The number of esters is 1. The van der Waals surface area contributed by atoms with Gasteiger partial charge in [-0.2, -0.15) is 9.97 Å². The van der Waals surface area contributed by atoms with Crippen molar-refractivity contribution in [2.75, 3.05) is 68.8 Å². The van der Waals surface area contributed by atoms with Crippen LogP contribution in [0.5, 0.6) is 6.01 Å². The molecule has 7 rings (SSSR count). The minimum Gasteiger partial charge on any atom is -0.462 e. The summed E-state index contributed by atoms with van der Waals surface area (Å²) in [5.74, 6) is 0.350. The average molecular weight is 864 g/mol. The van der Waals surface area contributed by atoms with Gasteiger partial charge in [-0.1, -0.05) is 48.5 Å². The lowest BCUT2D eigenvalue weighted by Crippen LogP contribution is -2.56. The Balaban J connectivity index is 1.09. The maximum absolute atomic E-state index is 12.7. The molecular formula is C41H43ClIN7O4. The summed E-state index contributed by atoms with van der Waals surface area (Å²) < 4.78 is 13.0. The zero-order valence-electron chi connectivity index (χ0n) is 30.1. The molecule has 3 aliphatic heterocycles. The summed E-state index contributed by atoms with van der Waals surface area (Å²) >= 11 is 8.95. The Bertz CT molecular complexity index is 2070. The van der Waals surface area contributed by atoms with Crippen LogP contribution in [0.1, 0.15) is 40.9 Å². The van der Waals surface area contributed by atoms with E-state index in [-0.39, 0.29) is 30.5 Å². The molecule has 11 nitrogen and oxygen atoms in total. The molecule has 0 unspecified atom stereocenters. The smallest absolute Gasteiger partial charge is 0.338 e. The van der Waals surface area contributed by atoms with Gasteiger partial charge in [0.25, 0.3) is 0 Å². The minimum atomic E-state index is -0.300. The Morgan fingerprint density at radius 2 is 1.87 bits per heavy atom. The summed E-state index contributed by atoms with van der Waals surface area (Å²) in [5, 5.41) is 2.82. The molecule has 0 spiro atoms. The number of likely N-dealkylation sites (tertiary alicyclic amines) is 1.